The fraction of sp³-hybridized carbons (Fsp3) is 0.393. The number of halogens is 1. The lowest BCUT2D eigenvalue weighted by Crippen LogP contribution is -2.50. The molecule has 1 heterocycles. The van der Waals surface area contributed by atoms with Crippen LogP contribution in [0.25, 0.3) is 0 Å². The van der Waals surface area contributed by atoms with E-state index in [-0.39, 0.29) is 18.0 Å². The van der Waals surface area contributed by atoms with Gasteiger partial charge in [0.1, 0.15) is 17.5 Å². The molecule has 4 N–H and O–H groups in total. The van der Waals surface area contributed by atoms with Gasteiger partial charge in [-0.15, -0.1) is 11.8 Å². The minimum absolute atomic E-state index is 0.0152. The Labute approximate surface area is 241 Å². The maximum absolute atomic E-state index is 15.2. The number of nitrogens with one attached hydrogen (secondary N) is 3. The van der Waals surface area contributed by atoms with Gasteiger partial charge < -0.3 is 20.1 Å². The Hall–Kier alpha value is -4.15. The number of alkyl carbamates (subject to hydrolysis) is 1. The van der Waals surface area contributed by atoms with Gasteiger partial charge in [0.2, 0.25) is 5.91 Å². The van der Waals surface area contributed by atoms with Gasteiger partial charge in [-0.2, -0.15) is 5.26 Å². The second-order valence-electron chi connectivity index (χ2n) is 11.0. The third-order valence-electron chi connectivity index (χ3n) is 5.97. The highest BCUT2D eigenvalue weighted by Crippen LogP contribution is 2.37. The summed E-state index contributed by atoms with van der Waals surface area (Å²) in [6.45, 7) is 7.48. The fourth-order valence-electron chi connectivity index (χ4n) is 3.60. The van der Waals surface area contributed by atoms with Crippen molar-refractivity contribution in [3.63, 3.8) is 0 Å². The van der Waals surface area contributed by atoms with Crippen molar-refractivity contribution in [1.29, 1.82) is 5.26 Å². The van der Waals surface area contributed by atoms with Crippen molar-refractivity contribution in [3.8, 4) is 6.07 Å². The first-order valence-corrected chi connectivity index (χ1v) is 13.6. The molecule has 11 nitrogen and oxygen atoms in total. The molecule has 0 fully saturated rings. The average molecular weight is 586 g/mol. The first-order chi connectivity index (χ1) is 19.1. The van der Waals surface area contributed by atoms with Crippen LogP contribution in [0.15, 0.2) is 41.3 Å². The number of aliphatic hydroxyl groups excluding tert-OH is 1. The minimum atomic E-state index is -1.20. The van der Waals surface area contributed by atoms with Crippen molar-refractivity contribution < 1.29 is 33.4 Å². The van der Waals surface area contributed by atoms with Crippen LogP contribution in [0.3, 0.4) is 0 Å². The molecule has 0 unspecified atom stereocenters. The van der Waals surface area contributed by atoms with Crippen LogP contribution in [0, 0.1) is 22.6 Å². The number of ether oxygens (including phenoxy) is 1. The zero-order valence-corrected chi connectivity index (χ0v) is 24.1. The Morgan fingerprint density at radius 3 is 2.39 bits per heavy atom. The third-order valence-corrected chi connectivity index (χ3v) is 7.11. The standard InChI is InChI=1S/C28H32FN5O6S/c1-27(2,3)40-26(39)31-20-14-41-22-11-19(29)18(23(36)32-33-25(38)28(4,5)15-35)10-21(22)34(24(20)37)13-17-8-6-16(12-30)7-9-17/h6-11,20,35H,13-15H2,1-5H3,(H,31,39)(H,32,36)(H,33,38)/t20-/m0/s1. The molecular formula is C28H32FN5O6S. The molecule has 3 rings (SSSR count). The molecule has 218 valence electrons. The first kappa shape index (κ1) is 31.4. The maximum Gasteiger partial charge on any atom is 0.408 e. The van der Waals surface area contributed by atoms with Crippen LogP contribution >= 0.6 is 11.8 Å². The first-order valence-electron chi connectivity index (χ1n) is 12.6. The molecule has 2 aromatic carbocycles. The van der Waals surface area contributed by atoms with Crippen LogP contribution in [0.5, 0.6) is 0 Å². The lowest BCUT2D eigenvalue weighted by atomic mass is 9.94. The predicted molar refractivity (Wildman–Crippen MR) is 149 cm³/mol. The molecule has 0 bridgehead atoms. The minimum Gasteiger partial charge on any atom is -0.444 e. The maximum atomic E-state index is 15.2. The normalized spacial score (nSPS) is 15.2. The van der Waals surface area contributed by atoms with Crippen LogP contribution in [-0.2, 0) is 20.9 Å². The predicted octanol–water partition coefficient (Wildman–Crippen LogP) is 3.01. The van der Waals surface area contributed by atoms with E-state index in [1.165, 1.54) is 24.8 Å². The molecular weight excluding hydrogens is 553 g/mol. The van der Waals surface area contributed by atoms with Gasteiger partial charge in [0.25, 0.3) is 11.8 Å². The van der Waals surface area contributed by atoms with Gasteiger partial charge in [-0.05, 0) is 64.4 Å². The average Bonchev–Trinajstić information content (AvgIpc) is 3.02. The number of rotatable bonds is 6. The zero-order chi connectivity index (χ0) is 30.5. The van der Waals surface area contributed by atoms with Crippen molar-refractivity contribution in [1.82, 2.24) is 16.2 Å². The second-order valence-corrected chi connectivity index (χ2v) is 12.1. The van der Waals surface area contributed by atoms with E-state index in [9.17, 15) is 24.3 Å². The summed E-state index contributed by atoms with van der Waals surface area (Å²) < 4.78 is 20.5. The van der Waals surface area contributed by atoms with E-state index in [1.807, 2.05) is 6.07 Å². The number of nitriles is 1. The van der Waals surface area contributed by atoms with Crippen molar-refractivity contribution in [3.05, 3.63) is 58.9 Å². The van der Waals surface area contributed by atoms with E-state index < -0.39 is 58.9 Å². The smallest absolute Gasteiger partial charge is 0.408 e. The summed E-state index contributed by atoms with van der Waals surface area (Å²) in [4.78, 5) is 53.1. The monoisotopic (exact) mass is 585 g/mol. The number of carbonyl (C=O) groups is 4. The Morgan fingerprint density at radius 2 is 1.80 bits per heavy atom. The van der Waals surface area contributed by atoms with Gasteiger partial charge >= 0.3 is 6.09 Å². The van der Waals surface area contributed by atoms with Crippen LogP contribution < -0.4 is 21.1 Å². The Morgan fingerprint density at radius 1 is 1.15 bits per heavy atom. The Kier molecular flexibility index (Phi) is 9.62. The molecule has 0 aliphatic carbocycles. The topological polar surface area (TPSA) is 161 Å². The summed E-state index contributed by atoms with van der Waals surface area (Å²) in [6, 6.07) is 9.80. The number of anilines is 1. The molecule has 1 atom stereocenters. The van der Waals surface area contributed by atoms with E-state index in [2.05, 4.69) is 16.2 Å². The van der Waals surface area contributed by atoms with Crippen LogP contribution in [0.4, 0.5) is 14.9 Å². The number of amides is 4. The number of thioether (sulfide) groups is 1. The van der Waals surface area contributed by atoms with Crippen molar-refractivity contribution in [2.45, 2.75) is 57.7 Å². The van der Waals surface area contributed by atoms with E-state index in [0.717, 1.165) is 17.8 Å². The number of nitrogens with zero attached hydrogens (tertiary/aromatic N) is 2. The van der Waals surface area contributed by atoms with E-state index >= 15 is 4.39 Å². The Balaban J connectivity index is 1.97. The van der Waals surface area contributed by atoms with Gasteiger partial charge in [-0.25, -0.2) is 9.18 Å². The lowest BCUT2D eigenvalue weighted by Gasteiger charge is -2.27. The summed E-state index contributed by atoms with van der Waals surface area (Å²) in [5, 5.41) is 21.1. The highest BCUT2D eigenvalue weighted by Gasteiger charge is 2.35. The summed E-state index contributed by atoms with van der Waals surface area (Å²) in [5.74, 6) is -3.02. The number of hydrogen-bond donors (Lipinski definition) is 4. The van der Waals surface area contributed by atoms with Gasteiger partial charge in [0, 0.05) is 10.6 Å². The SMILES string of the molecule is CC(C)(C)OC(=O)N[C@H]1CSc2cc(F)c(C(=O)NNC(=O)C(C)(C)CO)cc2N(Cc2ccc(C#N)cc2)C1=O. The number of benzene rings is 2. The molecule has 0 spiro atoms. The molecule has 0 radical (unpaired) electrons. The number of hydrazine groups is 1. The zero-order valence-electron chi connectivity index (χ0n) is 23.3. The molecule has 1 aliphatic rings. The molecule has 4 amide bonds. The molecule has 2 aromatic rings. The highest BCUT2D eigenvalue weighted by atomic mass is 32.2. The summed E-state index contributed by atoms with van der Waals surface area (Å²) in [5.41, 5.74) is 3.15. The van der Waals surface area contributed by atoms with Gasteiger partial charge in [0.15, 0.2) is 0 Å². The van der Waals surface area contributed by atoms with E-state index in [1.54, 1.807) is 45.0 Å². The fourth-order valence-corrected chi connectivity index (χ4v) is 4.68. The third kappa shape index (κ3) is 7.96. The number of fused-ring (bicyclic) bond motifs is 1. The van der Waals surface area contributed by atoms with E-state index in [0.29, 0.717) is 16.0 Å². The summed E-state index contributed by atoms with van der Waals surface area (Å²) >= 11 is 1.12. The number of aliphatic hydroxyl groups is 1. The summed E-state index contributed by atoms with van der Waals surface area (Å²) in [6.07, 6.45) is -0.798. The quantitative estimate of drug-likeness (QED) is 0.376. The second kappa shape index (κ2) is 12.6. The molecule has 0 aromatic heterocycles. The van der Waals surface area contributed by atoms with Crippen LogP contribution in [0.2, 0.25) is 0 Å². The van der Waals surface area contributed by atoms with Crippen LogP contribution in [-0.4, -0.2) is 52.9 Å². The lowest BCUT2D eigenvalue weighted by molar-refractivity contribution is -0.132. The molecule has 13 heteroatoms. The summed E-state index contributed by atoms with van der Waals surface area (Å²) in [7, 11) is 0. The van der Waals surface area contributed by atoms with Gasteiger partial charge in [-0.1, -0.05) is 12.1 Å². The Bertz CT molecular complexity index is 1380. The highest BCUT2D eigenvalue weighted by molar-refractivity contribution is 7.99. The molecule has 1 aliphatic heterocycles. The number of carbonyl (C=O) groups excluding carboxylic acids is 4. The number of hydrogen-bond acceptors (Lipinski definition) is 8. The molecule has 0 saturated carbocycles. The largest absolute Gasteiger partial charge is 0.444 e. The molecule has 41 heavy (non-hydrogen) atoms. The van der Waals surface area contributed by atoms with Crippen molar-refractivity contribution in [2.24, 2.45) is 5.41 Å². The van der Waals surface area contributed by atoms with Crippen molar-refractivity contribution in [2.75, 3.05) is 17.3 Å². The van der Waals surface area contributed by atoms with E-state index in [4.69, 9.17) is 10.00 Å². The van der Waals surface area contributed by atoms with Crippen molar-refractivity contribution >= 4 is 41.3 Å². The molecule has 0 saturated heterocycles. The van der Waals surface area contributed by atoms with Gasteiger partial charge in [0.05, 0.1) is 41.5 Å². The van der Waals surface area contributed by atoms with Gasteiger partial charge in [-0.3, -0.25) is 25.2 Å². The van der Waals surface area contributed by atoms with Crippen LogP contribution in [0.1, 0.15) is 56.1 Å².